The topological polar surface area (TPSA) is 104 Å². The highest BCUT2D eigenvalue weighted by atomic mass is 16.5. The van der Waals surface area contributed by atoms with Crippen molar-refractivity contribution in [2.45, 2.75) is 51.0 Å². The van der Waals surface area contributed by atoms with Crippen molar-refractivity contribution in [3.63, 3.8) is 0 Å². The molecule has 0 radical (unpaired) electrons. The number of aromatic nitrogens is 2. The molecule has 27 heavy (non-hydrogen) atoms. The second kappa shape index (κ2) is 8.12. The van der Waals surface area contributed by atoms with E-state index in [0.717, 1.165) is 50.5 Å². The van der Waals surface area contributed by atoms with E-state index < -0.39 is 0 Å². The highest BCUT2D eigenvalue weighted by molar-refractivity contribution is 5.94. The summed E-state index contributed by atoms with van der Waals surface area (Å²) < 4.78 is 11.1. The Balaban J connectivity index is 1.59. The summed E-state index contributed by atoms with van der Waals surface area (Å²) in [5.74, 6) is 2.08. The molecular formula is C19H28N6O2. The summed E-state index contributed by atoms with van der Waals surface area (Å²) in [5.41, 5.74) is 2.66. The van der Waals surface area contributed by atoms with Gasteiger partial charge in [0.2, 0.25) is 11.8 Å². The van der Waals surface area contributed by atoms with Gasteiger partial charge in [-0.25, -0.2) is 4.98 Å². The van der Waals surface area contributed by atoms with Crippen LogP contribution in [0, 0.1) is 5.41 Å². The first-order valence-corrected chi connectivity index (χ1v) is 9.85. The van der Waals surface area contributed by atoms with E-state index in [1.165, 1.54) is 18.4 Å². The highest BCUT2D eigenvalue weighted by Gasteiger charge is 2.28. The van der Waals surface area contributed by atoms with Gasteiger partial charge in [-0.15, -0.1) is 0 Å². The van der Waals surface area contributed by atoms with Crippen LogP contribution in [0.15, 0.2) is 17.6 Å². The minimum absolute atomic E-state index is 0.116. The Bertz CT molecular complexity index is 725. The molecule has 3 heterocycles. The van der Waals surface area contributed by atoms with Crippen LogP contribution in [0.4, 0.5) is 11.8 Å². The summed E-state index contributed by atoms with van der Waals surface area (Å²) in [7, 11) is 0. The van der Waals surface area contributed by atoms with Crippen LogP contribution in [-0.4, -0.2) is 48.3 Å². The van der Waals surface area contributed by atoms with Gasteiger partial charge in [0.25, 0.3) is 0 Å². The summed E-state index contributed by atoms with van der Waals surface area (Å²) in [5, 5.41) is 18.5. The van der Waals surface area contributed by atoms with E-state index in [9.17, 15) is 0 Å². The molecule has 146 valence electrons. The Hall–Kier alpha value is -2.35. The Morgan fingerprint density at radius 1 is 1.22 bits per heavy atom. The molecule has 3 aliphatic rings. The van der Waals surface area contributed by atoms with Crippen molar-refractivity contribution in [1.82, 2.24) is 15.3 Å². The molecule has 0 aromatic carbocycles. The fraction of sp³-hybridized carbons (Fsp3) is 0.632. The third kappa shape index (κ3) is 4.50. The molecule has 1 aromatic heterocycles. The Kier molecular flexibility index (Phi) is 5.42. The Morgan fingerprint density at radius 2 is 2.04 bits per heavy atom. The van der Waals surface area contributed by atoms with Crippen molar-refractivity contribution in [3.8, 4) is 0 Å². The maximum absolute atomic E-state index is 8.38. The largest absolute Gasteiger partial charge is 0.476 e. The first kappa shape index (κ1) is 18.0. The molecule has 0 amide bonds. The number of hydrogen-bond donors (Lipinski definition) is 4. The van der Waals surface area contributed by atoms with Gasteiger partial charge < -0.3 is 25.4 Å². The second-order valence-electron chi connectivity index (χ2n) is 7.39. The SMILES string of the molecule is C/C(NC1CCOCC1)=C1\Nc2ncc(C3CC3)c(n2)NCCCOC1=N. The van der Waals surface area contributed by atoms with Gasteiger partial charge in [0.1, 0.15) is 11.5 Å². The molecule has 8 heteroatoms. The molecule has 1 aromatic rings. The predicted octanol–water partition coefficient (Wildman–Crippen LogP) is 2.58. The maximum Gasteiger partial charge on any atom is 0.232 e. The van der Waals surface area contributed by atoms with Gasteiger partial charge >= 0.3 is 0 Å². The van der Waals surface area contributed by atoms with Crippen molar-refractivity contribution < 1.29 is 9.47 Å². The predicted molar refractivity (Wildman–Crippen MR) is 104 cm³/mol. The zero-order valence-corrected chi connectivity index (χ0v) is 15.8. The van der Waals surface area contributed by atoms with Crippen LogP contribution < -0.4 is 16.0 Å². The van der Waals surface area contributed by atoms with E-state index in [2.05, 4.69) is 25.9 Å². The summed E-state index contributed by atoms with van der Waals surface area (Å²) in [6.07, 6.45) is 7.05. The minimum atomic E-state index is 0.116. The van der Waals surface area contributed by atoms with Crippen LogP contribution in [0.2, 0.25) is 0 Å². The van der Waals surface area contributed by atoms with Gasteiger partial charge in [-0.1, -0.05) is 0 Å². The van der Waals surface area contributed by atoms with Gasteiger partial charge in [-0.05, 0) is 44.9 Å². The molecule has 2 bridgehead atoms. The summed E-state index contributed by atoms with van der Waals surface area (Å²) in [4.78, 5) is 9.18. The molecule has 2 aliphatic heterocycles. The van der Waals surface area contributed by atoms with E-state index >= 15 is 0 Å². The lowest BCUT2D eigenvalue weighted by molar-refractivity contribution is 0.0803. The fourth-order valence-corrected chi connectivity index (χ4v) is 3.46. The van der Waals surface area contributed by atoms with E-state index in [-0.39, 0.29) is 5.90 Å². The number of anilines is 2. The van der Waals surface area contributed by atoms with Crippen LogP contribution in [0.25, 0.3) is 0 Å². The van der Waals surface area contributed by atoms with E-state index in [1.807, 2.05) is 13.1 Å². The number of ether oxygens (including phenoxy) is 2. The Labute approximate surface area is 159 Å². The van der Waals surface area contributed by atoms with Crippen molar-refractivity contribution >= 4 is 17.7 Å². The van der Waals surface area contributed by atoms with E-state index in [0.29, 0.717) is 30.2 Å². The lowest BCUT2D eigenvalue weighted by Crippen LogP contribution is -2.35. The molecular weight excluding hydrogens is 344 g/mol. The van der Waals surface area contributed by atoms with E-state index in [1.54, 1.807) is 0 Å². The minimum Gasteiger partial charge on any atom is -0.476 e. The summed E-state index contributed by atoms with van der Waals surface area (Å²) in [6, 6.07) is 0.342. The molecule has 4 N–H and O–H groups in total. The molecule has 4 rings (SSSR count). The summed E-state index contributed by atoms with van der Waals surface area (Å²) >= 11 is 0. The number of nitrogens with zero attached hydrogens (tertiary/aromatic N) is 2. The van der Waals surface area contributed by atoms with Crippen LogP contribution in [-0.2, 0) is 9.47 Å². The van der Waals surface area contributed by atoms with Crippen molar-refractivity contribution in [1.29, 1.82) is 5.41 Å². The standard InChI is InChI=1S/C19H28N6O2/c1-12(23-14-5-9-26-10-6-14)16-17(20)27-8-2-7-21-18-15(13-3-4-13)11-22-19(24-16)25-18/h11,13-14,20,23H,2-10H2,1H3,(H2,21,22,24,25)/b16-12+,20-17?. The normalized spacial score (nSPS) is 23.4. The van der Waals surface area contributed by atoms with Crippen molar-refractivity contribution in [2.24, 2.45) is 0 Å². The molecule has 0 unspecified atom stereocenters. The monoisotopic (exact) mass is 372 g/mol. The molecule has 1 saturated carbocycles. The fourth-order valence-electron chi connectivity index (χ4n) is 3.46. The number of rotatable bonds is 3. The van der Waals surface area contributed by atoms with Crippen molar-refractivity contribution in [2.75, 3.05) is 37.0 Å². The van der Waals surface area contributed by atoms with Gasteiger partial charge in [0.15, 0.2) is 0 Å². The lowest BCUT2D eigenvalue weighted by Gasteiger charge is -2.26. The average Bonchev–Trinajstić information content (AvgIpc) is 3.51. The first-order valence-electron chi connectivity index (χ1n) is 9.85. The lowest BCUT2D eigenvalue weighted by atomic mass is 10.1. The Morgan fingerprint density at radius 3 is 2.81 bits per heavy atom. The van der Waals surface area contributed by atoms with Gasteiger partial charge in [0, 0.05) is 43.3 Å². The molecule has 2 fully saturated rings. The number of allylic oxidation sites excluding steroid dienone is 1. The zero-order chi connectivity index (χ0) is 18.6. The smallest absolute Gasteiger partial charge is 0.232 e. The molecule has 0 atom stereocenters. The van der Waals surface area contributed by atoms with Crippen LogP contribution in [0.3, 0.4) is 0 Å². The van der Waals surface area contributed by atoms with Gasteiger partial charge in [-0.2, -0.15) is 4.98 Å². The second-order valence-corrected chi connectivity index (χ2v) is 7.39. The molecule has 1 aliphatic carbocycles. The maximum atomic E-state index is 8.38. The third-order valence-corrected chi connectivity index (χ3v) is 5.17. The van der Waals surface area contributed by atoms with Crippen LogP contribution in [0.1, 0.15) is 50.5 Å². The van der Waals surface area contributed by atoms with E-state index in [4.69, 9.17) is 14.9 Å². The van der Waals surface area contributed by atoms with Crippen LogP contribution in [0.5, 0.6) is 0 Å². The summed E-state index contributed by atoms with van der Waals surface area (Å²) in [6.45, 7) is 4.75. The molecule has 8 nitrogen and oxygen atoms in total. The van der Waals surface area contributed by atoms with Crippen molar-refractivity contribution in [3.05, 3.63) is 23.2 Å². The number of fused-ring (bicyclic) bond motifs is 2. The number of nitrogens with one attached hydrogen (secondary N) is 4. The zero-order valence-electron chi connectivity index (χ0n) is 15.8. The first-order chi connectivity index (χ1) is 13.2. The highest BCUT2D eigenvalue weighted by Crippen LogP contribution is 2.42. The number of hydrogen-bond acceptors (Lipinski definition) is 8. The van der Waals surface area contributed by atoms with Gasteiger partial charge in [-0.3, -0.25) is 5.41 Å². The quantitative estimate of drug-likeness (QED) is 0.646. The average molecular weight is 372 g/mol. The van der Waals surface area contributed by atoms with Gasteiger partial charge in [0.05, 0.1) is 6.61 Å². The molecule has 0 spiro atoms. The third-order valence-electron chi connectivity index (χ3n) is 5.17. The molecule has 1 saturated heterocycles. The van der Waals surface area contributed by atoms with Crippen LogP contribution >= 0.6 is 0 Å².